The van der Waals surface area contributed by atoms with Crippen molar-refractivity contribution < 1.29 is 14.0 Å². The lowest BCUT2D eigenvalue weighted by molar-refractivity contribution is 0.137. The standard InChI is InChI=1S/C27H50O3Si2/c1-9-32(10-2,11-3)30-26(21-20-24-16-13-12-14-17-24)19-15-18-25(28)22-23-29-31(7,8)27(4,5)6/h12-17,19,25-26,28H,9-11,18,20-23H2,1-8H3/b19-15+/t25-,26-/m1/s1. The van der Waals surface area contributed by atoms with Gasteiger partial charge in [0.1, 0.15) is 0 Å². The Hall–Kier alpha value is -0.726. The molecule has 1 aromatic rings. The number of rotatable bonds is 15. The Morgan fingerprint density at radius 1 is 0.969 bits per heavy atom. The van der Waals surface area contributed by atoms with Gasteiger partial charge in [0.15, 0.2) is 16.6 Å². The highest BCUT2D eigenvalue weighted by Gasteiger charge is 2.37. The molecule has 1 N–H and O–H groups in total. The van der Waals surface area contributed by atoms with E-state index in [0.717, 1.165) is 31.0 Å². The van der Waals surface area contributed by atoms with Crippen molar-refractivity contribution in [3.63, 3.8) is 0 Å². The molecular formula is C27H50O3Si2. The van der Waals surface area contributed by atoms with Crippen LogP contribution in [0.15, 0.2) is 42.5 Å². The first-order valence-electron chi connectivity index (χ1n) is 12.7. The fourth-order valence-corrected chi connectivity index (χ4v) is 7.54. The molecule has 0 amide bonds. The van der Waals surface area contributed by atoms with Crippen LogP contribution in [0.3, 0.4) is 0 Å². The van der Waals surface area contributed by atoms with E-state index >= 15 is 0 Å². The SMILES string of the molecule is CC[Si](CC)(CC)O[C@H](/C=C/C[C@@H](O)CCO[Si](C)(C)C(C)(C)C)CCc1ccccc1. The van der Waals surface area contributed by atoms with Gasteiger partial charge in [-0.05, 0) is 67.5 Å². The summed E-state index contributed by atoms with van der Waals surface area (Å²) in [4.78, 5) is 0. The quantitative estimate of drug-likeness (QED) is 0.207. The normalized spacial score (nSPS) is 15.3. The molecule has 1 aromatic carbocycles. The molecule has 1 rings (SSSR count). The third kappa shape index (κ3) is 10.0. The van der Waals surface area contributed by atoms with Gasteiger partial charge in [0.2, 0.25) is 0 Å². The van der Waals surface area contributed by atoms with Crippen LogP contribution in [0.1, 0.15) is 66.4 Å². The summed E-state index contributed by atoms with van der Waals surface area (Å²) in [6, 6.07) is 14.1. The minimum Gasteiger partial charge on any atom is -0.417 e. The number of aliphatic hydroxyl groups is 1. The van der Waals surface area contributed by atoms with Gasteiger partial charge in [-0.2, -0.15) is 0 Å². The van der Waals surface area contributed by atoms with E-state index in [0.29, 0.717) is 19.4 Å². The summed E-state index contributed by atoms with van der Waals surface area (Å²) < 4.78 is 13.0. The van der Waals surface area contributed by atoms with Crippen LogP contribution in [0.4, 0.5) is 0 Å². The highest BCUT2D eigenvalue weighted by atomic mass is 28.4. The third-order valence-corrected chi connectivity index (χ3v) is 16.6. The van der Waals surface area contributed by atoms with E-state index in [9.17, 15) is 5.11 Å². The highest BCUT2D eigenvalue weighted by Crippen LogP contribution is 2.36. The molecule has 0 spiro atoms. The molecule has 3 nitrogen and oxygen atoms in total. The molecule has 5 heteroatoms. The Kier molecular flexibility index (Phi) is 12.7. The van der Waals surface area contributed by atoms with Crippen LogP contribution in [0.2, 0.25) is 36.3 Å². The number of benzene rings is 1. The molecule has 0 aliphatic heterocycles. The molecule has 0 aliphatic carbocycles. The second-order valence-electron chi connectivity index (χ2n) is 10.6. The van der Waals surface area contributed by atoms with Crippen molar-refractivity contribution in [3.8, 4) is 0 Å². The second kappa shape index (κ2) is 13.9. The van der Waals surface area contributed by atoms with Gasteiger partial charge in [0.25, 0.3) is 0 Å². The summed E-state index contributed by atoms with van der Waals surface area (Å²) in [5, 5.41) is 10.7. The Labute approximate surface area is 200 Å². The Bertz CT molecular complexity index is 640. The van der Waals surface area contributed by atoms with Crippen LogP contribution in [0, 0.1) is 0 Å². The van der Waals surface area contributed by atoms with E-state index in [1.165, 1.54) is 5.56 Å². The lowest BCUT2D eigenvalue weighted by Gasteiger charge is -2.36. The van der Waals surface area contributed by atoms with Crippen LogP contribution in [0.5, 0.6) is 0 Å². The number of aliphatic hydroxyl groups excluding tert-OH is 1. The minimum absolute atomic E-state index is 0.123. The van der Waals surface area contributed by atoms with Gasteiger partial charge in [-0.3, -0.25) is 0 Å². The maximum absolute atomic E-state index is 10.5. The van der Waals surface area contributed by atoms with Crippen LogP contribution < -0.4 is 0 Å². The van der Waals surface area contributed by atoms with Crippen LogP contribution in [0.25, 0.3) is 0 Å². The fraction of sp³-hybridized carbons (Fsp3) is 0.704. The monoisotopic (exact) mass is 478 g/mol. The van der Waals surface area contributed by atoms with Gasteiger partial charge in [0, 0.05) is 6.61 Å². The maximum atomic E-state index is 10.5. The first-order chi connectivity index (χ1) is 15.0. The lowest BCUT2D eigenvalue weighted by atomic mass is 10.1. The number of hydrogen-bond acceptors (Lipinski definition) is 3. The molecule has 0 radical (unpaired) electrons. The number of hydrogen-bond donors (Lipinski definition) is 1. The van der Waals surface area contributed by atoms with E-state index in [1.54, 1.807) is 0 Å². The van der Waals surface area contributed by atoms with Gasteiger partial charge in [0.05, 0.1) is 12.2 Å². The van der Waals surface area contributed by atoms with Crippen molar-refractivity contribution in [2.24, 2.45) is 0 Å². The molecule has 0 aliphatic rings. The van der Waals surface area contributed by atoms with Gasteiger partial charge in [-0.15, -0.1) is 0 Å². The summed E-state index contributed by atoms with van der Waals surface area (Å²) in [5.41, 5.74) is 1.36. The Morgan fingerprint density at radius 2 is 1.56 bits per heavy atom. The highest BCUT2D eigenvalue weighted by molar-refractivity contribution is 6.74. The van der Waals surface area contributed by atoms with E-state index in [2.05, 4.69) is 97.1 Å². The van der Waals surface area contributed by atoms with Gasteiger partial charge >= 0.3 is 0 Å². The van der Waals surface area contributed by atoms with Crippen molar-refractivity contribution >= 4 is 16.6 Å². The fourth-order valence-electron chi connectivity index (χ4n) is 3.64. The molecule has 0 heterocycles. The average Bonchev–Trinajstić information content (AvgIpc) is 2.75. The molecule has 0 saturated carbocycles. The molecule has 0 saturated heterocycles. The first-order valence-corrected chi connectivity index (χ1v) is 18.1. The van der Waals surface area contributed by atoms with E-state index < -0.39 is 16.6 Å². The van der Waals surface area contributed by atoms with E-state index in [1.807, 2.05) is 0 Å². The molecule has 0 aromatic heterocycles. The average molecular weight is 479 g/mol. The van der Waals surface area contributed by atoms with Crippen molar-refractivity contribution in [2.45, 2.75) is 116 Å². The van der Waals surface area contributed by atoms with Gasteiger partial charge in [-0.25, -0.2) is 0 Å². The summed E-state index contributed by atoms with van der Waals surface area (Å²) in [6.07, 6.45) is 7.44. The maximum Gasteiger partial charge on any atom is 0.192 e. The van der Waals surface area contributed by atoms with E-state index in [4.69, 9.17) is 8.85 Å². The molecule has 184 valence electrons. The largest absolute Gasteiger partial charge is 0.417 e. The molecule has 32 heavy (non-hydrogen) atoms. The van der Waals surface area contributed by atoms with Crippen LogP contribution in [-0.4, -0.2) is 40.6 Å². The van der Waals surface area contributed by atoms with Gasteiger partial charge < -0.3 is 14.0 Å². The minimum atomic E-state index is -1.75. The zero-order valence-electron chi connectivity index (χ0n) is 22.1. The van der Waals surface area contributed by atoms with Crippen molar-refractivity contribution in [1.82, 2.24) is 0 Å². The zero-order chi connectivity index (χ0) is 24.3. The smallest absolute Gasteiger partial charge is 0.192 e. The van der Waals surface area contributed by atoms with Crippen molar-refractivity contribution in [3.05, 3.63) is 48.0 Å². The Balaban J connectivity index is 2.66. The molecule has 2 atom stereocenters. The zero-order valence-corrected chi connectivity index (χ0v) is 24.1. The van der Waals surface area contributed by atoms with Crippen molar-refractivity contribution in [1.29, 1.82) is 0 Å². The molecule has 0 bridgehead atoms. The second-order valence-corrected chi connectivity index (χ2v) is 20.2. The van der Waals surface area contributed by atoms with Crippen LogP contribution in [-0.2, 0) is 15.3 Å². The third-order valence-electron chi connectivity index (χ3n) is 7.37. The molecule has 0 unspecified atom stereocenters. The number of aryl methyl sites for hydroxylation is 1. The summed E-state index contributed by atoms with van der Waals surface area (Å²) in [6.45, 7) is 18.8. The van der Waals surface area contributed by atoms with Crippen LogP contribution >= 0.6 is 0 Å². The summed E-state index contributed by atoms with van der Waals surface area (Å²) in [5.74, 6) is 0. The predicted molar refractivity (Wildman–Crippen MR) is 144 cm³/mol. The first kappa shape index (κ1) is 29.3. The summed E-state index contributed by atoms with van der Waals surface area (Å²) in [7, 11) is -3.43. The van der Waals surface area contributed by atoms with E-state index in [-0.39, 0.29) is 17.2 Å². The van der Waals surface area contributed by atoms with Crippen molar-refractivity contribution in [2.75, 3.05) is 6.61 Å². The summed E-state index contributed by atoms with van der Waals surface area (Å²) >= 11 is 0. The molecular weight excluding hydrogens is 428 g/mol. The topological polar surface area (TPSA) is 38.7 Å². The molecule has 0 fully saturated rings. The lowest BCUT2D eigenvalue weighted by Crippen LogP contribution is -2.41. The predicted octanol–water partition coefficient (Wildman–Crippen LogP) is 7.73. The van der Waals surface area contributed by atoms with Gasteiger partial charge in [-0.1, -0.05) is 84.0 Å². The Morgan fingerprint density at radius 3 is 2.09 bits per heavy atom.